The van der Waals surface area contributed by atoms with Crippen molar-refractivity contribution in [1.82, 2.24) is 9.88 Å². The van der Waals surface area contributed by atoms with E-state index in [4.69, 9.17) is 4.74 Å². The molecular weight excluding hydrogens is 368 g/mol. The van der Waals surface area contributed by atoms with Crippen molar-refractivity contribution in [1.29, 1.82) is 0 Å². The van der Waals surface area contributed by atoms with Gasteiger partial charge in [-0.15, -0.1) is 11.8 Å². The van der Waals surface area contributed by atoms with Crippen LogP contribution in [0.5, 0.6) is 0 Å². The standard InChI is InChI=1S/C23H26N2O2S/c1-17-8-10-18(11-9-17)14-25-15-22(20-6-2-3-7-21(20)25)28-16-23(26)24-13-19-5-4-12-27-19/h2-3,6-11,15,19H,4-5,12-14,16H2,1H3,(H,24,26)/t19-/m0/s1. The van der Waals surface area contributed by atoms with Crippen molar-refractivity contribution in [3.05, 3.63) is 65.9 Å². The fourth-order valence-electron chi connectivity index (χ4n) is 3.58. The number of carbonyl (C=O) groups excluding carboxylic acids is 1. The van der Waals surface area contributed by atoms with Gasteiger partial charge >= 0.3 is 0 Å². The van der Waals surface area contributed by atoms with Crippen LogP contribution in [-0.2, 0) is 16.1 Å². The lowest BCUT2D eigenvalue weighted by atomic mass is 10.1. The van der Waals surface area contributed by atoms with Crippen LogP contribution in [-0.4, -0.2) is 35.5 Å². The molecule has 0 bridgehead atoms. The van der Waals surface area contributed by atoms with Gasteiger partial charge in [-0.25, -0.2) is 0 Å². The van der Waals surface area contributed by atoms with Gasteiger partial charge in [-0.1, -0.05) is 48.0 Å². The van der Waals surface area contributed by atoms with Crippen LogP contribution >= 0.6 is 11.8 Å². The molecule has 0 aliphatic carbocycles. The number of aromatic nitrogens is 1. The average molecular weight is 395 g/mol. The van der Waals surface area contributed by atoms with Crippen molar-refractivity contribution < 1.29 is 9.53 Å². The summed E-state index contributed by atoms with van der Waals surface area (Å²) in [6.07, 6.45) is 4.49. The Bertz CT molecular complexity index is 943. The quantitative estimate of drug-likeness (QED) is 0.605. The fraction of sp³-hybridized carbons (Fsp3) is 0.348. The second kappa shape index (κ2) is 8.84. The molecule has 0 unspecified atom stereocenters. The molecule has 1 atom stereocenters. The molecule has 0 saturated carbocycles. The lowest BCUT2D eigenvalue weighted by Gasteiger charge is -2.10. The SMILES string of the molecule is Cc1ccc(Cn2cc(SCC(=O)NC[C@@H]3CCCO3)c3ccccc32)cc1. The highest BCUT2D eigenvalue weighted by atomic mass is 32.2. The van der Waals surface area contributed by atoms with Crippen LogP contribution < -0.4 is 5.32 Å². The first-order chi connectivity index (χ1) is 13.7. The molecule has 146 valence electrons. The Labute approximate surface area is 170 Å². The number of nitrogens with one attached hydrogen (secondary N) is 1. The third-order valence-electron chi connectivity index (χ3n) is 5.14. The summed E-state index contributed by atoms with van der Waals surface area (Å²) >= 11 is 1.60. The first-order valence-electron chi connectivity index (χ1n) is 9.83. The number of hydrogen-bond donors (Lipinski definition) is 1. The number of hydrogen-bond acceptors (Lipinski definition) is 3. The molecule has 1 aromatic heterocycles. The Morgan fingerprint density at radius 2 is 2.04 bits per heavy atom. The first-order valence-corrected chi connectivity index (χ1v) is 10.8. The highest BCUT2D eigenvalue weighted by Crippen LogP contribution is 2.30. The number of carbonyl (C=O) groups is 1. The van der Waals surface area contributed by atoms with Crippen molar-refractivity contribution in [2.24, 2.45) is 0 Å². The van der Waals surface area contributed by atoms with Crippen molar-refractivity contribution in [3.8, 4) is 0 Å². The predicted molar refractivity (Wildman–Crippen MR) is 115 cm³/mol. The van der Waals surface area contributed by atoms with E-state index < -0.39 is 0 Å². The number of nitrogens with zero attached hydrogens (tertiary/aromatic N) is 1. The zero-order valence-electron chi connectivity index (χ0n) is 16.2. The average Bonchev–Trinajstić information content (AvgIpc) is 3.35. The van der Waals surface area contributed by atoms with Crippen LogP contribution in [0.3, 0.4) is 0 Å². The minimum atomic E-state index is 0.0656. The molecule has 1 saturated heterocycles. The number of benzene rings is 2. The number of ether oxygens (including phenoxy) is 1. The summed E-state index contributed by atoms with van der Waals surface area (Å²) in [7, 11) is 0. The van der Waals surface area contributed by atoms with Gasteiger partial charge in [0.1, 0.15) is 0 Å². The van der Waals surface area contributed by atoms with E-state index in [2.05, 4.69) is 71.5 Å². The van der Waals surface area contributed by atoms with Crippen LogP contribution in [0.1, 0.15) is 24.0 Å². The Hall–Kier alpha value is -2.24. The van der Waals surface area contributed by atoms with E-state index in [9.17, 15) is 4.79 Å². The van der Waals surface area contributed by atoms with E-state index >= 15 is 0 Å². The molecule has 0 spiro atoms. The lowest BCUT2D eigenvalue weighted by molar-refractivity contribution is -0.119. The highest BCUT2D eigenvalue weighted by molar-refractivity contribution is 8.00. The largest absolute Gasteiger partial charge is 0.376 e. The van der Waals surface area contributed by atoms with Crippen LogP contribution in [0.25, 0.3) is 10.9 Å². The molecule has 1 amide bonds. The van der Waals surface area contributed by atoms with Gasteiger partial charge in [-0.05, 0) is 31.4 Å². The minimum absolute atomic E-state index is 0.0656. The summed E-state index contributed by atoms with van der Waals surface area (Å²) in [5, 5.41) is 4.20. The zero-order chi connectivity index (χ0) is 19.3. The summed E-state index contributed by atoms with van der Waals surface area (Å²) < 4.78 is 7.84. The van der Waals surface area contributed by atoms with Gasteiger partial charge in [0.25, 0.3) is 0 Å². The summed E-state index contributed by atoms with van der Waals surface area (Å²) in [5.41, 5.74) is 3.74. The van der Waals surface area contributed by atoms with Gasteiger partial charge in [0.05, 0.1) is 11.9 Å². The molecule has 4 rings (SSSR count). The summed E-state index contributed by atoms with van der Waals surface area (Å²) in [6.45, 7) is 4.37. The Morgan fingerprint density at radius 3 is 2.82 bits per heavy atom. The van der Waals surface area contributed by atoms with Gasteiger partial charge in [0, 0.05) is 41.7 Å². The first kappa shape index (κ1) is 19.1. The normalized spacial score (nSPS) is 16.5. The Morgan fingerprint density at radius 1 is 1.21 bits per heavy atom. The number of para-hydroxylation sites is 1. The molecule has 1 aliphatic heterocycles. The molecule has 1 aliphatic rings. The molecule has 1 N–H and O–H groups in total. The predicted octanol–water partition coefficient (Wildman–Crippen LogP) is 4.39. The van der Waals surface area contributed by atoms with Crippen molar-refractivity contribution in [2.75, 3.05) is 18.9 Å². The van der Waals surface area contributed by atoms with Crippen LogP contribution in [0, 0.1) is 6.92 Å². The number of fused-ring (bicyclic) bond motifs is 1. The van der Waals surface area contributed by atoms with Crippen molar-refractivity contribution in [2.45, 2.75) is 37.3 Å². The van der Waals surface area contributed by atoms with Gasteiger partial charge < -0.3 is 14.6 Å². The maximum absolute atomic E-state index is 12.2. The van der Waals surface area contributed by atoms with Crippen LogP contribution in [0.4, 0.5) is 0 Å². The molecule has 28 heavy (non-hydrogen) atoms. The van der Waals surface area contributed by atoms with Crippen molar-refractivity contribution >= 4 is 28.6 Å². The molecule has 0 radical (unpaired) electrons. The van der Waals surface area contributed by atoms with Crippen LogP contribution in [0.2, 0.25) is 0 Å². The van der Waals surface area contributed by atoms with E-state index in [0.717, 1.165) is 30.9 Å². The number of aryl methyl sites for hydroxylation is 1. The van der Waals surface area contributed by atoms with Gasteiger partial charge in [0.15, 0.2) is 0 Å². The minimum Gasteiger partial charge on any atom is -0.376 e. The second-order valence-electron chi connectivity index (χ2n) is 7.35. The number of thioether (sulfide) groups is 1. The number of amides is 1. The maximum atomic E-state index is 12.2. The van der Waals surface area contributed by atoms with E-state index in [0.29, 0.717) is 12.3 Å². The summed E-state index contributed by atoms with van der Waals surface area (Å²) in [4.78, 5) is 13.4. The third kappa shape index (κ3) is 4.59. The molecule has 2 aromatic carbocycles. The summed E-state index contributed by atoms with van der Waals surface area (Å²) in [6, 6.07) is 17.0. The number of rotatable bonds is 7. The van der Waals surface area contributed by atoms with Gasteiger partial charge in [-0.3, -0.25) is 4.79 Å². The van der Waals surface area contributed by atoms with Crippen molar-refractivity contribution in [3.63, 3.8) is 0 Å². The molecular formula is C23H26N2O2S. The summed E-state index contributed by atoms with van der Waals surface area (Å²) in [5.74, 6) is 0.488. The van der Waals surface area contributed by atoms with Gasteiger partial charge in [0.2, 0.25) is 5.91 Å². The monoisotopic (exact) mass is 394 g/mol. The molecule has 5 heteroatoms. The van der Waals surface area contributed by atoms with E-state index in [1.54, 1.807) is 11.8 Å². The Balaban J connectivity index is 1.43. The molecule has 2 heterocycles. The highest BCUT2D eigenvalue weighted by Gasteiger charge is 2.16. The maximum Gasteiger partial charge on any atom is 0.230 e. The lowest BCUT2D eigenvalue weighted by Crippen LogP contribution is -2.32. The van der Waals surface area contributed by atoms with E-state index in [1.165, 1.54) is 22.0 Å². The molecule has 4 nitrogen and oxygen atoms in total. The third-order valence-corrected chi connectivity index (χ3v) is 6.18. The van der Waals surface area contributed by atoms with E-state index in [1.807, 2.05) is 0 Å². The topological polar surface area (TPSA) is 43.3 Å². The molecule has 3 aromatic rings. The second-order valence-corrected chi connectivity index (χ2v) is 8.37. The smallest absolute Gasteiger partial charge is 0.230 e. The zero-order valence-corrected chi connectivity index (χ0v) is 17.0. The molecule has 1 fully saturated rings. The van der Waals surface area contributed by atoms with Gasteiger partial charge in [-0.2, -0.15) is 0 Å². The van der Waals surface area contributed by atoms with E-state index in [-0.39, 0.29) is 12.0 Å². The Kier molecular flexibility index (Phi) is 6.03. The van der Waals surface area contributed by atoms with Crippen LogP contribution in [0.15, 0.2) is 59.6 Å². The fourth-order valence-corrected chi connectivity index (χ4v) is 4.49.